The van der Waals surface area contributed by atoms with Gasteiger partial charge in [-0.05, 0) is 19.4 Å². The van der Waals surface area contributed by atoms with Crippen LogP contribution in [0.15, 0.2) is 30.3 Å². The van der Waals surface area contributed by atoms with Gasteiger partial charge in [-0.3, -0.25) is 0 Å². The van der Waals surface area contributed by atoms with Crippen LogP contribution in [0, 0.1) is 0 Å². The molecule has 4 nitrogen and oxygen atoms in total. The van der Waals surface area contributed by atoms with Crippen molar-refractivity contribution in [3.63, 3.8) is 0 Å². The third-order valence-electron chi connectivity index (χ3n) is 3.16. The third-order valence-corrected chi connectivity index (χ3v) is 4.97. The maximum atomic E-state index is 11.9. The molecule has 0 saturated carbocycles. The first-order valence-electron chi connectivity index (χ1n) is 6.21. The molecule has 0 aromatic heterocycles. The summed E-state index contributed by atoms with van der Waals surface area (Å²) in [4.78, 5) is 0. The molecule has 0 bridgehead atoms. The second-order valence-corrected chi connectivity index (χ2v) is 6.82. The van der Waals surface area contributed by atoms with Crippen LogP contribution in [-0.4, -0.2) is 37.7 Å². The fourth-order valence-electron chi connectivity index (χ4n) is 2.17. The fraction of sp³-hybridized carbons (Fsp3) is 0.538. The first kappa shape index (κ1) is 13.5. The van der Waals surface area contributed by atoms with Gasteiger partial charge in [0.15, 0.2) is 0 Å². The van der Waals surface area contributed by atoms with Gasteiger partial charge < -0.3 is 4.74 Å². The summed E-state index contributed by atoms with van der Waals surface area (Å²) in [5.74, 6) is 0.140. The molecule has 2 unspecified atom stereocenters. The Hall–Kier alpha value is -0.910. The van der Waals surface area contributed by atoms with E-state index in [1.807, 2.05) is 37.3 Å². The number of hydrogen-bond acceptors (Lipinski definition) is 3. The number of benzene rings is 1. The van der Waals surface area contributed by atoms with Gasteiger partial charge in [0, 0.05) is 13.1 Å². The zero-order valence-electron chi connectivity index (χ0n) is 10.7. The van der Waals surface area contributed by atoms with Gasteiger partial charge in [-0.2, -0.15) is 4.31 Å². The van der Waals surface area contributed by atoms with Crippen molar-refractivity contribution in [2.24, 2.45) is 0 Å². The molecule has 1 aliphatic rings. The third kappa shape index (κ3) is 2.91. The molecule has 18 heavy (non-hydrogen) atoms. The highest BCUT2D eigenvalue weighted by molar-refractivity contribution is 7.89. The summed E-state index contributed by atoms with van der Waals surface area (Å²) in [7, 11) is -3.14. The van der Waals surface area contributed by atoms with Crippen LogP contribution in [0.4, 0.5) is 0 Å². The van der Waals surface area contributed by atoms with Crippen LogP contribution in [0.25, 0.3) is 0 Å². The first-order chi connectivity index (χ1) is 8.53. The molecular formula is C13H19NO3S. The van der Waals surface area contributed by atoms with Gasteiger partial charge in [-0.25, -0.2) is 8.42 Å². The van der Waals surface area contributed by atoms with Gasteiger partial charge in [0.2, 0.25) is 10.0 Å². The Balaban J connectivity index is 2.20. The summed E-state index contributed by atoms with van der Waals surface area (Å²) in [6.45, 7) is 4.43. The lowest BCUT2D eigenvalue weighted by Crippen LogP contribution is -2.46. The quantitative estimate of drug-likeness (QED) is 0.840. The van der Waals surface area contributed by atoms with Crippen molar-refractivity contribution in [2.45, 2.75) is 26.1 Å². The zero-order chi connectivity index (χ0) is 13.2. The minimum atomic E-state index is -3.14. The molecule has 1 aromatic rings. The number of rotatable bonds is 3. The van der Waals surface area contributed by atoms with Crippen LogP contribution < -0.4 is 0 Å². The van der Waals surface area contributed by atoms with Gasteiger partial charge in [-0.15, -0.1) is 0 Å². The Kier molecular flexibility index (Phi) is 4.04. The first-order valence-corrected chi connectivity index (χ1v) is 7.82. The molecule has 1 fully saturated rings. The largest absolute Gasteiger partial charge is 0.368 e. The van der Waals surface area contributed by atoms with Gasteiger partial charge in [-0.1, -0.05) is 30.3 Å². The van der Waals surface area contributed by atoms with Crippen LogP contribution in [0.5, 0.6) is 0 Å². The summed E-state index contributed by atoms with van der Waals surface area (Å²) in [5, 5.41) is 0. The molecule has 100 valence electrons. The van der Waals surface area contributed by atoms with Crippen molar-refractivity contribution in [1.82, 2.24) is 4.31 Å². The summed E-state index contributed by atoms with van der Waals surface area (Å²) in [6.07, 6.45) is -0.249. The maximum absolute atomic E-state index is 11.9. The minimum absolute atomic E-state index is 0.0784. The summed E-state index contributed by atoms with van der Waals surface area (Å²) in [5.41, 5.74) is 1.03. The predicted molar refractivity (Wildman–Crippen MR) is 70.8 cm³/mol. The SMILES string of the molecule is CCS(=O)(=O)N1CC(C)OC(c2ccccc2)C1. The standard InChI is InChI=1S/C13H19NO3S/c1-3-18(15,16)14-9-11(2)17-13(10-14)12-7-5-4-6-8-12/h4-8,11,13H,3,9-10H2,1-2H3. The molecule has 1 aliphatic heterocycles. The van der Waals surface area contributed by atoms with E-state index < -0.39 is 10.0 Å². The normalized spacial score (nSPS) is 26.1. The van der Waals surface area contributed by atoms with Gasteiger partial charge >= 0.3 is 0 Å². The highest BCUT2D eigenvalue weighted by atomic mass is 32.2. The van der Waals surface area contributed by atoms with E-state index in [-0.39, 0.29) is 18.0 Å². The van der Waals surface area contributed by atoms with Crippen molar-refractivity contribution < 1.29 is 13.2 Å². The topological polar surface area (TPSA) is 46.6 Å². The minimum Gasteiger partial charge on any atom is -0.368 e. The highest BCUT2D eigenvalue weighted by Crippen LogP contribution is 2.26. The van der Waals surface area contributed by atoms with Gasteiger partial charge in [0.05, 0.1) is 18.0 Å². The van der Waals surface area contributed by atoms with Crippen molar-refractivity contribution in [2.75, 3.05) is 18.8 Å². The number of hydrogen-bond donors (Lipinski definition) is 0. The summed E-state index contributed by atoms with van der Waals surface area (Å²) in [6, 6.07) is 9.77. The lowest BCUT2D eigenvalue weighted by atomic mass is 10.1. The molecule has 0 N–H and O–H groups in total. The number of ether oxygens (including phenoxy) is 1. The second-order valence-electron chi connectivity index (χ2n) is 4.56. The van der Waals surface area contributed by atoms with Crippen LogP contribution in [0.2, 0.25) is 0 Å². The van der Waals surface area contributed by atoms with Gasteiger partial charge in [0.1, 0.15) is 0 Å². The number of nitrogens with zero attached hydrogens (tertiary/aromatic N) is 1. The van der Waals surface area contributed by atoms with Crippen molar-refractivity contribution in [1.29, 1.82) is 0 Å². The fourth-order valence-corrected chi connectivity index (χ4v) is 3.34. The average Bonchev–Trinajstić information content (AvgIpc) is 2.39. The Morgan fingerprint density at radius 1 is 1.28 bits per heavy atom. The molecular weight excluding hydrogens is 250 g/mol. The molecule has 0 amide bonds. The van der Waals surface area contributed by atoms with E-state index in [1.54, 1.807) is 11.2 Å². The maximum Gasteiger partial charge on any atom is 0.214 e. The predicted octanol–water partition coefficient (Wildman–Crippen LogP) is 1.80. The van der Waals surface area contributed by atoms with E-state index in [1.165, 1.54) is 0 Å². The molecule has 0 spiro atoms. The average molecular weight is 269 g/mol. The van der Waals surface area contributed by atoms with E-state index in [2.05, 4.69) is 0 Å². The van der Waals surface area contributed by atoms with E-state index in [9.17, 15) is 8.42 Å². The summed E-state index contributed by atoms with van der Waals surface area (Å²) < 4.78 is 31.3. The number of sulfonamides is 1. The monoisotopic (exact) mass is 269 g/mol. The Morgan fingerprint density at radius 3 is 2.56 bits per heavy atom. The lowest BCUT2D eigenvalue weighted by Gasteiger charge is -2.36. The summed E-state index contributed by atoms with van der Waals surface area (Å²) >= 11 is 0. The van der Waals surface area contributed by atoms with Crippen LogP contribution >= 0.6 is 0 Å². The number of morpholine rings is 1. The van der Waals surface area contributed by atoms with E-state index in [4.69, 9.17) is 4.74 Å². The molecule has 1 heterocycles. The Morgan fingerprint density at radius 2 is 1.94 bits per heavy atom. The highest BCUT2D eigenvalue weighted by Gasteiger charge is 2.32. The van der Waals surface area contributed by atoms with Crippen molar-refractivity contribution in [3.05, 3.63) is 35.9 Å². The molecule has 0 aliphatic carbocycles. The molecule has 1 saturated heterocycles. The van der Waals surface area contributed by atoms with Crippen LogP contribution in [0.3, 0.4) is 0 Å². The van der Waals surface area contributed by atoms with E-state index in [0.29, 0.717) is 13.1 Å². The van der Waals surface area contributed by atoms with Crippen LogP contribution in [-0.2, 0) is 14.8 Å². The van der Waals surface area contributed by atoms with E-state index in [0.717, 1.165) is 5.56 Å². The molecule has 0 radical (unpaired) electrons. The van der Waals surface area contributed by atoms with Crippen molar-refractivity contribution >= 4 is 10.0 Å². The smallest absolute Gasteiger partial charge is 0.214 e. The Bertz CT molecular complexity index is 486. The molecule has 2 rings (SSSR count). The zero-order valence-corrected chi connectivity index (χ0v) is 11.6. The Labute approximate surface area is 109 Å². The van der Waals surface area contributed by atoms with Crippen LogP contribution in [0.1, 0.15) is 25.5 Å². The molecule has 2 atom stereocenters. The molecule has 1 aromatic carbocycles. The van der Waals surface area contributed by atoms with Crippen molar-refractivity contribution in [3.8, 4) is 0 Å². The second kappa shape index (κ2) is 5.38. The lowest BCUT2D eigenvalue weighted by molar-refractivity contribution is -0.0556. The van der Waals surface area contributed by atoms with E-state index >= 15 is 0 Å². The molecule has 5 heteroatoms. The van der Waals surface area contributed by atoms with Gasteiger partial charge in [0.25, 0.3) is 0 Å².